The molecular formula is C25H23N3O3. The molecule has 156 valence electrons. The van der Waals surface area contributed by atoms with Crippen molar-refractivity contribution in [1.29, 1.82) is 0 Å². The number of hydrogen-bond donors (Lipinski definition) is 1. The monoisotopic (exact) mass is 413 g/mol. The minimum atomic E-state index is -0.426. The van der Waals surface area contributed by atoms with Crippen molar-refractivity contribution in [3.63, 3.8) is 0 Å². The smallest absolute Gasteiger partial charge is 0.254 e. The van der Waals surface area contributed by atoms with Crippen LogP contribution in [0.2, 0.25) is 0 Å². The molecule has 1 aliphatic heterocycles. The molecule has 6 heteroatoms. The molecule has 2 heterocycles. The molecule has 1 N–H and O–H groups in total. The van der Waals surface area contributed by atoms with Crippen molar-refractivity contribution in [1.82, 2.24) is 4.90 Å². The number of pyridine rings is 1. The molecule has 2 aromatic carbocycles. The fourth-order valence-corrected chi connectivity index (χ4v) is 4.33. The molecule has 0 radical (unpaired) electrons. The number of aromatic nitrogens is 1. The Balaban J connectivity index is 1.32. The number of anilines is 1. The SMILES string of the molecule is O=C(c1cc[n+]([O-])cc1)N1CCc2ccc(NC(=O)C3(c4ccccc4)CC3)cc2C1. The van der Waals surface area contributed by atoms with Crippen molar-refractivity contribution in [3.05, 3.63) is 101 Å². The van der Waals surface area contributed by atoms with Crippen molar-refractivity contribution in [2.75, 3.05) is 11.9 Å². The summed E-state index contributed by atoms with van der Waals surface area (Å²) in [6.07, 6.45) is 5.14. The Morgan fingerprint density at radius 1 is 0.968 bits per heavy atom. The number of nitrogens with one attached hydrogen (secondary N) is 1. The Morgan fingerprint density at radius 3 is 2.42 bits per heavy atom. The van der Waals surface area contributed by atoms with Gasteiger partial charge in [0.1, 0.15) is 0 Å². The third kappa shape index (κ3) is 3.65. The van der Waals surface area contributed by atoms with Crippen molar-refractivity contribution in [3.8, 4) is 0 Å². The number of carbonyl (C=O) groups is 2. The van der Waals surface area contributed by atoms with E-state index < -0.39 is 5.41 Å². The highest BCUT2D eigenvalue weighted by molar-refractivity contribution is 6.01. The number of benzene rings is 2. The molecule has 3 aromatic rings. The number of nitrogens with zero attached hydrogens (tertiary/aromatic N) is 2. The standard InChI is InChI=1S/C25H23N3O3/c29-23(19-9-14-28(31)15-10-19)27-13-8-18-6-7-22(16-20(18)17-27)26-24(30)25(11-12-25)21-4-2-1-3-5-21/h1-7,9-10,14-16H,8,11-13,17H2,(H,26,30). The van der Waals surface area contributed by atoms with Crippen LogP contribution >= 0.6 is 0 Å². The highest BCUT2D eigenvalue weighted by Gasteiger charge is 2.51. The first-order valence-electron chi connectivity index (χ1n) is 10.5. The van der Waals surface area contributed by atoms with E-state index in [9.17, 15) is 14.8 Å². The maximum absolute atomic E-state index is 13.0. The molecule has 5 rings (SSSR count). The summed E-state index contributed by atoms with van der Waals surface area (Å²) < 4.78 is 0.666. The van der Waals surface area contributed by atoms with Crippen LogP contribution in [0.3, 0.4) is 0 Å². The zero-order chi connectivity index (χ0) is 21.4. The van der Waals surface area contributed by atoms with Gasteiger partial charge in [0.2, 0.25) is 5.91 Å². The van der Waals surface area contributed by atoms with E-state index in [1.807, 2.05) is 48.5 Å². The fraction of sp³-hybridized carbons (Fsp3) is 0.240. The third-order valence-corrected chi connectivity index (χ3v) is 6.32. The molecule has 2 amide bonds. The van der Waals surface area contributed by atoms with Crippen LogP contribution in [0, 0.1) is 5.21 Å². The average Bonchev–Trinajstić information content (AvgIpc) is 3.61. The fourth-order valence-electron chi connectivity index (χ4n) is 4.33. The first-order valence-corrected chi connectivity index (χ1v) is 10.5. The van der Waals surface area contributed by atoms with Crippen LogP contribution in [0.15, 0.2) is 73.1 Å². The summed E-state index contributed by atoms with van der Waals surface area (Å²) in [5.41, 5.74) is 4.12. The lowest BCUT2D eigenvalue weighted by Crippen LogP contribution is -2.36. The van der Waals surface area contributed by atoms with Gasteiger partial charge in [0, 0.05) is 30.9 Å². The van der Waals surface area contributed by atoms with Gasteiger partial charge in [-0.2, -0.15) is 4.73 Å². The average molecular weight is 413 g/mol. The van der Waals surface area contributed by atoms with E-state index >= 15 is 0 Å². The van der Waals surface area contributed by atoms with Crippen molar-refractivity contribution >= 4 is 17.5 Å². The largest absolute Gasteiger partial charge is 0.619 e. The van der Waals surface area contributed by atoms with Gasteiger partial charge in [-0.05, 0) is 48.1 Å². The molecule has 6 nitrogen and oxygen atoms in total. The predicted octanol–water partition coefficient (Wildman–Crippen LogP) is 3.19. The van der Waals surface area contributed by atoms with Gasteiger partial charge in [-0.1, -0.05) is 36.4 Å². The van der Waals surface area contributed by atoms with E-state index in [4.69, 9.17) is 0 Å². The molecule has 0 atom stereocenters. The lowest BCUT2D eigenvalue weighted by Gasteiger charge is -2.29. The van der Waals surface area contributed by atoms with Gasteiger partial charge in [0.05, 0.1) is 11.0 Å². The molecule has 0 saturated heterocycles. The highest BCUT2D eigenvalue weighted by atomic mass is 16.5. The Bertz CT molecular complexity index is 1140. The molecule has 0 spiro atoms. The summed E-state index contributed by atoms with van der Waals surface area (Å²) in [5, 5.41) is 14.3. The van der Waals surface area contributed by atoms with Crippen molar-refractivity contribution in [2.24, 2.45) is 0 Å². The zero-order valence-corrected chi connectivity index (χ0v) is 17.1. The second-order valence-electron chi connectivity index (χ2n) is 8.31. The summed E-state index contributed by atoms with van der Waals surface area (Å²) in [6, 6.07) is 19.0. The number of hydrogen-bond acceptors (Lipinski definition) is 3. The summed E-state index contributed by atoms with van der Waals surface area (Å²) >= 11 is 0. The lowest BCUT2D eigenvalue weighted by molar-refractivity contribution is -0.605. The van der Waals surface area contributed by atoms with Crippen molar-refractivity contribution in [2.45, 2.75) is 31.2 Å². The molecule has 1 aromatic heterocycles. The topological polar surface area (TPSA) is 76.3 Å². The van der Waals surface area contributed by atoms with E-state index in [0.717, 1.165) is 36.1 Å². The molecule has 1 fully saturated rings. The Labute approximate surface area is 180 Å². The van der Waals surface area contributed by atoms with Crippen molar-refractivity contribution < 1.29 is 14.3 Å². The minimum absolute atomic E-state index is 0.0256. The summed E-state index contributed by atoms with van der Waals surface area (Å²) in [4.78, 5) is 27.7. The van der Waals surface area contributed by atoms with Gasteiger partial charge in [-0.15, -0.1) is 0 Å². The van der Waals surface area contributed by atoms with Gasteiger partial charge in [0.15, 0.2) is 12.4 Å². The molecule has 31 heavy (non-hydrogen) atoms. The first kappa shape index (κ1) is 19.3. The minimum Gasteiger partial charge on any atom is -0.619 e. The van der Waals surface area contributed by atoms with E-state index in [1.54, 1.807) is 17.0 Å². The molecular weight excluding hydrogens is 390 g/mol. The summed E-state index contributed by atoms with van der Waals surface area (Å²) in [5.74, 6) is -0.0701. The molecule has 0 bridgehead atoms. The van der Waals surface area contributed by atoms with Crippen LogP contribution in [-0.4, -0.2) is 23.3 Å². The van der Waals surface area contributed by atoms with Gasteiger partial charge in [-0.25, -0.2) is 0 Å². The summed E-state index contributed by atoms with van der Waals surface area (Å²) in [6.45, 7) is 1.11. The van der Waals surface area contributed by atoms with Crippen LogP contribution in [-0.2, 0) is 23.2 Å². The Hall–Kier alpha value is -3.67. The second-order valence-corrected chi connectivity index (χ2v) is 8.31. The Kier molecular flexibility index (Phi) is 4.70. The normalized spacial score (nSPS) is 16.3. The van der Waals surface area contributed by atoms with E-state index in [-0.39, 0.29) is 11.8 Å². The van der Waals surface area contributed by atoms with Crippen LogP contribution < -0.4 is 10.0 Å². The molecule has 0 unspecified atom stereocenters. The van der Waals surface area contributed by atoms with Crippen LogP contribution in [0.1, 0.15) is 39.9 Å². The maximum atomic E-state index is 13.0. The number of carbonyl (C=O) groups excluding carboxylic acids is 2. The van der Waals surface area contributed by atoms with E-state index in [1.165, 1.54) is 18.0 Å². The quantitative estimate of drug-likeness (QED) is 0.527. The van der Waals surface area contributed by atoms with E-state index in [2.05, 4.69) is 5.32 Å². The first-order chi connectivity index (χ1) is 15.0. The van der Waals surface area contributed by atoms with Crippen LogP contribution in [0.5, 0.6) is 0 Å². The highest BCUT2D eigenvalue weighted by Crippen LogP contribution is 2.49. The van der Waals surface area contributed by atoms with Gasteiger partial charge >= 0.3 is 0 Å². The van der Waals surface area contributed by atoms with Gasteiger partial charge < -0.3 is 15.4 Å². The third-order valence-electron chi connectivity index (χ3n) is 6.32. The molecule has 2 aliphatic rings. The zero-order valence-electron chi connectivity index (χ0n) is 17.1. The van der Waals surface area contributed by atoms with Crippen LogP contribution in [0.25, 0.3) is 0 Å². The van der Waals surface area contributed by atoms with Gasteiger partial charge in [-0.3, -0.25) is 9.59 Å². The number of rotatable bonds is 4. The van der Waals surface area contributed by atoms with E-state index in [0.29, 0.717) is 23.4 Å². The molecule has 1 saturated carbocycles. The number of amides is 2. The number of fused-ring (bicyclic) bond motifs is 1. The Morgan fingerprint density at radius 2 is 1.71 bits per heavy atom. The van der Waals surface area contributed by atoms with Crippen LogP contribution in [0.4, 0.5) is 5.69 Å². The summed E-state index contributed by atoms with van der Waals surface area (Å²) in [7, 11) is 0. The predicted molar refractivity (Wildman–Crippen MR) is 116 cm³/mol. The maximum Gasteiger partial charge on any atom is 0.254 e. The van der Waals surface area contributed by atoms with Gasteiger partial charge in [0.25, 0.3) is 5.91 Å². The second kappa shape index (κ2) is 7.54. The lowest BCUT2D eigenvalue weighted by atomic mass is 9.94. The molecule has 1 aliphatic carbocycles.